The lowest BCUT2D eigenvalue weighted by molar-refractivity contribution is 0.598. The third kappa shape index (κ3) is 4.30. The number of aryl methyl sites for hydroxylation is 1. The first-order chi connectivity index (χ1) is 9.66. The van der Waals surface area contributed by atoms with Gasteiger partial charge in [0.05, 0.1) is 17.6 Å². The first kappa shape index (κ1) is 15.5. The van der Waals surface area contributed by atoms with Crippen molar-refractivity contribution >= 4 is 31.1 Å². The Kier molecular flexibility index (Phi) is 4.06. The third-order valence-electron chi connectivity index (χ3n) is 2.39. The molecule has 1 aromatic carbocycles. The van der Waals surface area contributed by atoms with Gasteiger partial charge in [-0.15, -0.1) is 0 Å². The van der Waals surface area contributed by atoms with Gasteiger partial charge in [0.15, 0.2) is 5.03 Å². The van der Waals surface area contributed by atoms with Gasteiger partial charge in [-0.25, -0.2) is 9.19 Å². The molecule has 2 rings (SSSR count). The molecule has 1 aromatic heterocycles. The Balaban J connectivity index is 2.32. The monoisotopic (exact) mass is 328 g/mol. The molecule has 0 saturated heterocycles. The minimum absolute atomic E-state index is 0.0166. The molecule has 7 nitrogen and oxygen atoms in total. The molecule has 0 saturated carbocycles. The fraction of sp³-hybridized carbons (Fsp3) is 0.250. The van der Waals surface area contributed by atoms with Gasteiger partial charge in [-0.2, -0.15) is 12.8 Å². The molecule has 1 heterocycles. The van der Waals surface area contributed by atoms with Crippen LogP contribution >= 0.6 is 0 Å². The molecular weight excluding hydrogens is 312 g/mol. The minimum atomic E-state index is -3.73. The molecule has 0 amide bonds. The van der Waals surface area contributed by atoms with Crippen molar-refractivity contribution in [1.82, 2.24) is 9.97 Å². The van der Waals surface area contributed by atoms with Crippen LogP contribution in [0.5, 0.6) is 0 Å². The summed E-state index contributed by atoms with van der Waals surface area (Å²) in [6, 6.07) is 6.41. The van der Waals surface area contributed by atoms with E-state index < -0.39 is 19.8 Å². The number of rotatable bonds is 4. The van der Waals surface area contributed by atoms with Crippen molar-refractivity contribution in [3.8, 4) is 0 Å². The normalized spacial score (nSPS) is 12.1. The fourth-order valence-electron chi connectivity index (χ4n) is 1.63. The van der Waals surface area contributed by atoms with Crippen molar-refractivity contribution in [1.29, 1.82) is 0 Å². The molecule has 2 aromatic rings. The molecule has 9 heteroatoms. The summed E-state index contributed by atoms with van der Waals surface area (Å²) in [6.45, 7) is 1.66. The van der Waals surface area contributed by atoms with E-state index in [4.69, 9.17) is 0 Å². The summed E-state index contributed by atoms with van der Waals surface area (Å²) < 4.78 is 42.4. The lowest BCUT2D eigenvalue weighted by Gasteiger charge is -2.07. The van der Waals surface area contributed by atoms with Gasteiger partial charge >= 0.3 is 0 Å². The maximum absolute atomic E-state index is 12.1. The average Bonchev–Trinajstić information content (AvgIpc) is 2.74. The van der Waals surface area contributed by atoms with Crippen LogP contribution in [0, 0.1) is 6.92 Å². The van der Waals surface area contributed by atoms with Crippen molar-refractivity contribution in [2.24, 2.45) is 4.36 Å². The molecule has 0 unspecified atom stereocenters. The van der Waals surface area contributed by atoms with E-state index in [1.165, 1.54) is 24.8 Å². The predicted molar refractivity (Wildman–Crippen MR) is 82.7 cm³/mol. The van der Waals surface area contributed by atoms with E-state index in [0.717, 1.165) is 0 Å². The highest BCUT2D eigenvalue weighted by Gasteiger charge is 2.16. The minimum Gasteiger partial charge on any atom is -0.332 e. The molecule has 0 atom stereocenters. The number of nitrogens with zero attached hydrogens (tertiary/aromatic N) is 2. The molecule has 21 heavy (non-hydrogen) atoms. The van der Waals surface area contributed by atoms with E-state index in [1.54, 1.807) is 25.1 Å². The van der Waals surface area contributed by atoms with E-state index in [9.17, 15) is 12.6 Å². The van der Waals surface area contributed by atoms with Gasteiger partial charge in [0.2, 0.25) is 0 Å². The zero-order valence-electron chi connectivity index (χ0n) is 11.8. The van der Waals surface area contributed by atoms with E-state index in [-0.39, 0.29) is 5.03 Å². The highest BCUT2D eigenvalue weighted by Crippen LogP contribution is 2.21. The zero-order valence-corrected chi connectivity index (χ0v) is 13.5. The van der Waals surface area contributed by atoms with E-state index in [2.05, 4.69) is 19.1 Å². The summed E-state index contributed by atoms with van der Waals surface area (Å²) in [5, 5.41) is -0.0166. The van der Waals surface area contributed by atoms with Gasteiger partial charge in [-0.3, -0.25) is 4.72 Å². The van der Waals surface area contributed by atoms with Crippen molar-refractivity contribution in [3.63, 3.8) is 0 Å². The maximum atomic E-state index is 12.1. The standard InChI is InChI=1S/C12H16N4O3S2/c1-9-13-8-12(14-9)21(18,19)16-11-6-4-5-10(7-11)15-20(2,3)17/h4-8,16H,1-3H3,(H,13,14). The zero-order chi connectivity index (χ0) is 15.7. The van der Waals surface area contributed by atoms with Crippen LogP contribution in [-0.4, -0.2) is 35.1 Å². The summed E-state index contributed by atoms with van der Waals surface area (Å²) >= 11 is 0. The molecule has 0 aliphatic carbocycles. The van der Waals surface area contributed by atoms with Gasteiger partial charge in [0.1, 0.15) is 5.82 Å². The molecular formula is C12H16N4O3S2. The number of H-pyrrole nitrogens is 1. The van der Waals surface area contributed by atoms with Crippen LogP contribution in [0.25, 0.3) is 0 Å². The first-order valence-electron chi connectivity index (χ1n) is 5.97. The molecule has 0 fully saturated rings. The van der Waals surface area contributed by atoms with Crippen molar-refractivity contribution in [2.45, 2.75) is 11.9 Å². The van der Waals surface area contributed by atoms with Crippen molar-refractivity contribution < 1.29 is 12.6 Å². The van der Waals surface area contributed by atoms with Gasteiger partial charge < -0.3 is 4.98 Å². The number of hydrogen-bond acceptors (Lipinski definition) is 5. The fourth-order valence-corrected chi connectivity index (χ4v) is 3.27. The van der Waals surface area contributed by atoms with Crippen molar-refractivity contribution in [3.05, 3.63) is 36.3 Å². The first-order valence-corrected chi connectivity index (χ1v) is 9.79. The molecule has 0 spiro atoms. The number of benzene rings is 1. The second-order valence-electron chi connectivity index (χ2n) is 4.76. The summed E-state index contributed by atoms with van der Waals surface area (Å²) in [5.41, 5.74) is 0.790. The lowest BCUT2D eigenvalue weighted by atomic mass is 10.3. The number of anilines is 1. The van der Waals surface area contributed by atoms with E-state index in [0.29, 0.717) is 17.2 Å². The van der Waals surface area contributed by atoms with Crippen LogP contribution in [0.3, 0.4) is 0 Å². The predicted octanol–water partition coefficient (Wildman–Crippen LogP) is 1.88. The van der Waals surface area contributed by atoms with E-state index in [1.807, 2.05) is 0 Å². The Labute approximate surface area is 124 Å². The molecule has 114 valence electrons. The van der Waals surface area contributed by atoms with Gasteiger partial charge in [0.25, 0.3) is 10.0 Å². The smallest absolute Gasteiger partial charge is 0.278 e. The topological polar surface area (TPSA) is 104 Å². The second-order valence-corrected chi connectivity index (χ2v) is 8.96. The Bertz CT molecular complexity index is 869. The largest absolute Gasteiger partial charge is 0.332 e. The average molecular weight is 328 g/mol. The van der Waals surface area contributed by atoms with Crippen LogP contribution in [0.15, 0.2) is 39.9 Å². The quantitative estimate of drug-likeness (QED) is 0.894. The summed E-state index contributed by atoms with van der Waals surface area (Å²) in [5.74, 6) is 0.510. The van der Waals surface area contributed by atoms with Crippen LogP contribution in [-0.2, 0) is 19.8 Å². The van der Waals surface area contributed by atoms with E-state index >= 15 is 0 Å². The van der Waals surface area contributed by atoms with Gasteiger partial charge in [-0.1, -0.05) is 6.07 Å². The SMILES string of the molecule is Cc1ncc(S(=O)(=O)Nc2cccc(N=S(C)(C)=O)c2)[nH]1. The summed E-state index contributed by atoms with van der Waals surface area (Å²) in [7, 11) is -6.04. The number of hydrogen-bond donors (Lipinski definition) is 2. The number of aromatic amines is 1. The third-order valence-corrected chi connectivity index (χ3v) is 4.33. The summed E-state index contributed by atoms with van der Waals surface area (Å²) in [4.78, 5) is 6.52. The van der Waals surface area contributed by atoms with Crippen LogP contribution in [0.4, 0.5) is 11.4 Å². The van der Waals surface area contributed by atoms with Crippen molar-refractivity contribution in [2.75, 3.05) is 17.2 Å². The Morgan fingerprint density at radius 2 is 1.95 bits per heavy atom. The number of sulfonamides is 1. The highest BCUT2D eigenvalue weighted by molar-refractivity contribution is 7.92. The Morgan fingerprint density at radius 1 is 1.24 bits per heavy atom. The van der Waals surface area contributed by atoms with Crippen LogP contribution < -0.4 is 4.72 Å². The molecule has 0 aliphatic rings. The Hall–Kier alpha value is -1.87. The number of imidazole rings is 1. The van der Waals surface area contributed by atoms with Gasteiger partial charge in [-0.05, 0) is 25.1 Å². The van der Waals surface area contributed by atoms with Gasteiger partial charge in [0, 0.05) is 22.2 Å². The molecule has 2 N–H and O–H groups in total. The van der Waals surface area contributed by atoms with Crippen LogP contribution in [0.2, 0.25) is 0 Å². The highest BCUT2D eigenvalue weighted by atomic mass is 32.2. The number of aromatic nitrogens is 2. The number of nitrogens with one attached hydrogen (secondary N) is 2. The molecule has 0 radical (unpaired) electrons. The van der Waals surface area contributed by atoms with Crippen LogP contribution in [0.1, 0.15) is 5.82 Å². The maximum Gasteiger partial charge on any atom is 0.278 e. The Morgan fingerprint density at radius 3 is 2.52 bits per heavy atom. The second kappa shape index (κ2) is 5.49. The molecule has 0 bridgehead atoms. The summed E-state index contributed by atoms with van der Waals surface area (Å²) in [6.07, 6.45) is 4.27. The molecule has 0 aliphatic heterocycles. The lowest BCUT2D eigenvalue weighted by Crippen LogP contribution is -2.13.